The first-order chi connectivity index (χ1) is 9.09. The van der Waals surface area contributed by atoms with Crippen LogP contribution in [0.1, 0.15) is 18.2 Å². The van der Waals surface area contributed by atoms with Crippen molar-refractivity contribution < 1.29 is 9.50 Å². The molecule has 0 spiro atoms. The minimum Gasteiger partial charge on any atom is -0.393 e. The Bertz CT molecular complexity index is 591. The molecule has 2 aromatic rings. The van der Waals surface area contributed by atoms with Crippen molar-refractivity contribution >= 4 is 10.9 Å². The fourth-order valence-corrected chi connectivity index (χ4v) is 2.90. The molecule has 1 aliphatic rings. The molecule has 0 saturated heterocycles. The van der Waals surface area contributed by atoms with Gasteiger partial charge in [-0.05, 0) is 25.0 Å². The van der Waals surface area contributed by atoms with E-state index in [0.717, 1.165) is 25.0 Å². The summed E-state index contributed by atoms with van der Waals surface area (Å²) in [6, 6.07) is 8.28. The quantitative estimate of drug-likeness (QED) is 0.890. The lowest BCUT2D eigenvalue weighted by molar-refractivity contribution is 0.0428. The van der Waals surface area contributed by atoms with Crippen molar-refractivity contribution in [3.63, 3.8) is 0 Å². The normalized spacial score (nSPS) is 19.3. The van der Waals surface area contributed by atoms with Gasteiger partial charge in [-0.15, -0.1) is 0 Å². The molecule has 102 valence electrons. The number of aromatic nitrogens is 1. The van der Waals surface area contributed by atoms with E-state index in [4.69, 9.17) is 5.11 Å². The van der Waals surface area contributed by atoms with Gasteiger partial charge in [0.2, 0.25) is 0 Å². The highest BCUT2D eigenvalue weighted by atomic mass is 19.1. The first-order valence-electron chi connectivity index (χ1n) is 6.70. The lowest BCUT2D eigenvalue weighted by atomic mass is 10.0. The topological polar surface area (TPSA) is 39.3 Å². The first-order valence-corrected chi connectivity index (χ1v) is 6.70. The van der Waals surface area contributed by atoms with Gasteiger partial charge in [-0.25, -0.2) is 4.39 Å². The SMILES string of the molecule is CC(F)(CO)CN1CCc2c([nH]c3ccccc23)C1. The maximum atomic E-state index is 13.9. The Morgan fingerprint density at radius 1 is 1.42 bits per heavy atom. The van der Waals surface area contributed by atoms with Gasteiger partial charge >= 0.3 is 0 Å². The van der Waals surface area contributed by atoms with Crippen molar-refractivity contribution in [2.75, 3.05) is 19.7 Å². The second-order valence-corrected chi connectivity index (χ2v) is 5.66. The number of aliphatic hydroxyl groups is 1. The van der Waals surface area contributed by atoms with Gasteiger partial charge in [0, 0.05) is 36.2 Å². The Kier molecular flexibility index (Phi) is 3.07. The number of hydrogen-bond acceptors (Lipinski definition) is 2. The number of rotatable bonds is 3. The standard InChI is InChI=1S/C15H19FN2O/c1-15(16,10-19)9-18-7-6-12-11-4-2-3-5-13(11)17-14(12)8-18/h2-5,17,19H,6-10H2,1H3. The predicted molar refractivity (Wildman–Crippen MR) is 73.9 cm³/mol. The third-order valence-corrected chi connectivity index (χ3v) is 3.84. The summed E-state index contributed by atoms with van der Waals surface area (Å²) in [7, 11) is 0. The van der Waals surface area contributed by atoms with Crippen LogP contribution in [-0.4, -0.2) is 40.4 Å². The van der Waals surface area contributed by atoms with E-state index in [1.807, 2.05) is 12.1 Å². The number of H-pyrrole nitrogens is 1. The van der Waals surface area contributed by atoms with Gasteiger partial charge in [-0.2, -0.15) is 0 Å². The van der Waals surface area contributed by atoms with Gasteiger partial charge in [-0.3, -0.25) is 4.90 Å². The molecule has 1 atom stereocenters. The third kappa shape index (κ3) is 2.38. The lowest BCUT2D eigenvalue weighted by Gasteiger charge is -2.31. The van der Waals surface area contributed by atoms with Crippen LogP contribution < -0.4 is 0 Å². The molecule has 0 saturated carbocycles. The van der Waals surface area contributed by atoms with Gasteiger partial charge in [0.05, 0.1) is 6.61 Å². The monoisotopic (exact) mass is 262 g/mol. The number of aliphatic hydroxyl groups excluding tert-OH is 1. The third-order valence-electron chi connectivity index (χ3n) is 3.84. The smallest absolute Gasteiger partial charge is 0.143 e. The number of alkyl halides is 1. The molecule has 2 N–H and O–H groups in total. The minimum absolute atomic E-state index is 0.276. The summed E-state index contributed by atoms with van der Waals surface area (Å²) in [6.45, 7) is 2.87. The first kappa shape index (κ1) is 12.6. The average molecular weight is 262 g/mol. The number of halogens is 1. The van der Waals surface area contributed by atoms with Crippen LogP contribution in [0.25, 0.3) is 10.9 Å². The van der Waals surface area contributed by atoms with Crippen molar-refractivity contribution in [3.8, 4) is 0 Å². The molecule has 0 amide bonds. The van der Waals surface area contributed by atoms with Crippen LogP contribution >= 0.6 is 0 Å². The van der Waals surface area contributed by atoms with Crippen LogP contribution in [0, 0.1) is 0 Å². The highest BCUT2D eigenvalue weighted by Gasteiger charge is 2.28. The van der Waals surface area contributed by atoms with E-state index in [1.165, 1.54) is 23.6 Å². The summed E-state index contributed by atoms with van der Waals surface area (Å²) in [6.07, 6.45) is 0.931. The Hall–Kier alpha value is -1.39. The number of fused-ring (bicyclic) bond motifs is 3. The number of aromatic amines is 1. The highest BCUT2D eigenvalue weighted by Crippen LogP contribution is 2.28. The number of para-hydroxylation sites is 1. The van der Waals surface area contributed by atoms with Gasteiger partial charge in [0.1, 0.15) is 5.67 Å². The van der Waals surface area contributed by atoms with Gasteiger partial charge in [0.25, 0.3) is 0 Å². The Labute approximate surface area is 112 Å². The second-order valence-electron chi connectivity index (χ2n) is 5.66. The maximum Gasteiger partial charge on any atom is 0.143 e. The van der Waals surface area contributed by atoms with E-state index < -0.39 is 12.3 Å². The molecule has 19 heavy (non-hydrogen) atoms. The van der Waals surface area contributed by atoms with E-state index in [1.54, 1.807) is 0 Å². The molecule has 1 aliphatic heterocycles. The molecule has 1 unspecified atom stereocenters. The van der Waals surface area contributed by atoms with Crippen molar-refractivity contribution in [2.45, 2.75) is 25.6 Å². The lowest BCUT2D eigenvalue weighted by Crippen LogP contribution is -2.42. The molecule has 0 fully saturated rings. The molecule has 4 heteroatoms. The number of benzene rings is 1. The second kappa shape index (κ2) is 4.62. The van der Waals surface area contributed by atoms with Gasteiger partial charge in [0.15, 0.2) is 0 Å². The fourth-order valence-electron chi connectivity index (χ4n) is 2.90. The minimum atomic E-state index is -1.52. The number of hydrogen-bond donors (Lipinski definition) is 2. The molecule has 2 heterocycles. The molecule has 1 aromatic carbocycles. The molecular weight excluding hydrogens is 243 g/mol. The van der Waals surface area contributed by atoms with Crippen LogP contribution in [0.15, 0.2) is 24.3 Å². The van der Waals surface area contributed by atoms with Crippen LogP contribution in [-0.2, 0) is 13.0 Å². The Morgan fingerprint density at radius 3 is 3.00 bits per heavy atom. The van der Waals surface area contributed by atoms with Crippen molar-refractivity contribution in [1.82, 2.24) is 9.88 Å². The molecule has 0 bridgehead atoms. The van der Waals surface area contributed by atoms with Crippen LogP contribution in [0.5, 0.6) is 0 Å². The summed E-state index contributed by atoms with van der Waals surface area (Å²) >= 11 is 0. The molecule has 1 aromatic heterocycles. The average Bonchev–Trinajstić information content (AvgIpc) is 2.75. The van der Waals surface area contributed by atoms with Gasteiger partial charge in [-0.1, -0.05) is 18.2 Å². The summed E-state index contributed by atoms with van der Waals surface area (Å²) in [5.41, 5.74) is 2.17. The van der Waals surface area contributed by atoms with Crippen molar-refractivity contribution in [3.05, 3.63) is 35.5 Å². The van der Waals surface area contributed by atoms with Crippen LogP contribution in [0.2, 0.25) is 0 Å². The summed E-state index contributed by atoms with van der Waals surface area (Å²) < 4.78 is 13.9. The molecule has 0 aliphatic carbocycles. The zero-order valence-electron chi connectivity index (χ0n) is 11.1. The number of nitrogens with one attached hydrogen (secondary N) is 1. The Morgan fingerprint density at radius 2 is 2.21 bits per heavy atom. The summed E-state index contributed by atoms with van der Waals surface area (Å²) in [5, 5.41) is 10.3. The largest absolute Gasteiger partial charge is 0.393 e. The van der Waals surface area contributed by atoms with Crippen molar-refractivity contribution in [1.29, 1.82) is 0 Å². The molecule has 0 radical (unpaired) electrons. The fraction of sp³-hybridized carbons (Fsp3) is 0.467. The van der Waals surface area contributed by atoms with E-state index in [2.05, 4.69) is 22.0 Å². The van der Waals surface area contributed by atoms with E-state index in [9.17, 15) is 4.39 Å². The zero-order chi connectivity index (χ0) is 13.5. The van der Waals surface area contributed by atoms with Crippen LogP contribution in [0.4, 0.5) is 4.39 Å². The van der Waals surface area contributed by atoms with E-state index in [-0.39, 0.29) is 6.54 Å². The maximum absolute atomic E-state index is 13.9. The molecular formula is C15H19FN2O. The highest BCUT2D eigenvalue weighted by molar-refractivity contribution is 5.84. The Balaban J connectivity index is 1.84. The van der Waals surface area contributed by atoms with Crippen LogP contribution in [0.3, 0.4) is 0 Å². The molecule has 3 nitrogen and oxygen atoms in total. The van der Waals surface area contributed by atoms with Gasteiger partial charge < -0.3 is 10.1 Å². The summed E-state index contributed by atoms with van der Waals surface area (Å²) in [4.78, 5) is 5.49. The summed E-state index contributed by atoms with van der Waals surface area (Å²) in [5.74, 6) is 0. The molecule has 3 rings (SSSR count). The number of nitrogens with zero attached hydrogens (tertiary/aromatic N) is 1. The zero-order valence-corrected chi connectivity index (χ0v) is 11.1. The van der Waals surface area contributed by atoms with E-state index >= 15 is 0 Å². The predicted octanol–water partition coefficient (Wildman–Crippen LogP) is 2.25. The van der Waals surface area contributed by atoms with Crippen molar-refractivity contribution in [2.24, 2.45) is 0 Å². The van der Waals surface area contributed by atoms with E-state index in [0.29, 0.717) is 0 Å².